The van der Waals surface area contributed by atoms with Crippen molar-refractivity contribution in [2.45, 2.75) is 12.3 Å². The van der Waals surface area contributed by atoms with Crippen LogP contribution in [0.15, 0.2) is 54.9 Å². The van der Waals surface area contributed by atoms with Crippen molar-refractivity contribution in [2.24, 2.45) is 0 Å². The number of carboxylic acid groups (broad SMARTS) is 1. The van der Waals surface area contributed by atoms with E-state index in [2.05, 4.69) is 25.8 Å². The van der Waals surface area contributed by atoms with Crippen LogP contribution in [0.5, 0.6) is 0 Å². The lowest BCUT2D eigenvalue weighted by Crippen LogP contribution is -2.28. The average Bonchev–Trinajstić information content (AvgIpc) is 3.47. The number of aromatic nitrogens is 5. The number of aromatic amines is 1. The number of aliphatic carboxylic acids is 1. The second-order valence-corrected chi connectivity index (χ2v) is 7.17. The molecule has 0 radical (unpaired) electrons. The lowest BCUT2D eigenvalue weighted by molar-refractivity contribution is -0.192. The van der Waals surface area contributed by atoms with Crippen LogP contribution in [0.3, 0.4) is 0 Å². The Morgan fingerprint density at radius 1 is 1.18 bits per heavy atom. The number of benzene rings is 2. The summed E-state index contributed by atoms with van der Waals surface area (Å²) < 4.78 is 33.3. The molecule has 1 amide bonds. The number of nitrogens with zero attached hydrogens (tertiary/aromatic N) is 4. The molecule has 0 fully saturated rings. The minimum absolute atomic E-state index is 0.0463. The molecule has 0 spiro atoms. The number of nitrogens with one attached hydrogen (secondary N) is 2. The third-order valence-electron chi connectivity index (χ3n) is 4.39. The van der Waals surface area contributed by atoms with Crippen LogP contribution in [0.1, 0.15) is 22.2 Å². The standard InChI is InChI=1S/C18H15ClN6O2.C2HF3O2/c19-12-6-4-11(5-7-12)17(26)9-20-18(27)15-10-25(24-23-15)16-3-1-2-14-13(16)8-21-22-14;3-2(4,5)1(6)7/h1-8,10,17,26H,9H2,(H,20,27)(H,21,22);(H,6,7). The van der Waals surface area contributed by atoms with Gasteiger partial charge in [0.2, 0.25) is 0 Å². The molecule has 2 heterocycles. The zero-order valence-electron chi connectivity index (χ0n) is 17.0. The first-order valence-corrected chi connectivity index (χ1v) is 9.80. The molecule has 34 heavy (non-hydrogen) atoms. The first-order valence-electron chi connectivity index (χ1n) is 9.43. The monoisotopic (exact) mass is 496 g/mol. The summed E-state index contributed by atoms with van der Waals surface area (Å²) >= 11 is 5.83. The SMILES string of the molecule is O=C(NCC(O)c1ccc(Cl)cc1)c1cn(-c2cccc3[nH]ncc23)nn1.O=C(O)C(F)(F)F. The maximum absolute atomic E-state index is 12.3. The number of rotatable bonds is 5. The molecule has 1 atom stereocenters. The summed E-state index contributed by atoms with van der Waals surface area (Å²) in [6.07, 6.45) is -2.71. The molecule has 4 rings (SSSR count). The van der Waals surface area contributed by atoms with Crippen molar-refractivity contribution in [1.82, 2.24) is 30.5 Å². The van der Waals surface area contributed by atoms with E-state index in [9.17, 15) is 23.1 Å². The number of hydrogen-bond donors (Lipinski definition) is 4. The normalized spacial score (nSPS) is 12.0. The Kier molecular flexibility index (Phi) is 7.48. The van der Waals surface area contributed by atoms with E-state index in [-0.39, 0.29) is 12.2 Å². The van der Waals surface area contributed by atoms with E-state index >= 15 is 0 Å². The van der Waals surface area contributed by atoms with Gasteiger partial charge in [0.05, 0.1) is 29.7 Å². The molecule has 14 heteroatoms. The van der Waals surface area contributed by atoms with Gasteiger partial charge in [0, 0.05) is 17.0 Å². The molecule has 0 saturated carbocycles. The van der Waals surface area contributed by atoms with Gasteiger partial charge in [0.15, 0.2) is 5.69 Å². The van der Waals surface area contributed by atoms with Crippen molar-refractivity contribution in [1.29, 1.82) is 0 Å². The Bertz CT molecular complexity index is 1290. The van der Waals surface area contributed by atoms with Crippen molar-refractivity contribution in [3.63, 3.8) is 0 Å². The molecule has 178 valence electrons. The third-order valence-corrected chi connectivity index (χ3v) is 4.64. The molecule has 0 aliphatic carbocycles. The summed E-state index contributed by atoms with van der Waals surface area (Å²) in [5, 5.41) is 36.2. The molecule has 0 saturated heterocycles. The first kappa shape index (κ1) is 24.7. The van der Waals surface area contributed by atoms with Crippen molar-refractivity contribution < 1.29 is 33.0 Å². The van der Waals surface area contributed by atoms with Gasteiger partial charge in [0.25, 0.3) is 5.91 Å². The van der Waals surface area contributed by atoms with Gasteiger partial charge in [0.1, 0.15) is 0 Å². The summed E-state index contributed by atoms with van der Waals surface area (Å²) in [7, 11) is 0. The van der Waals surface area contributed by atoms with E-state index in [0.29, 0.717) is 10.6 Å². The van der Waals surface area contributed by atoms with Crippen LogP contribution < -0.4 is 5.32 Å². The fourth-order valence-electron chi connectivity index (χ4n) is 2.72. The van der Waals surface area contributed by atoms with Crippen LogP contribution in [0.4, 0.5) is 13.2 Å². The molecule has 0 aliphatic rings. The van der Waals surface area contributed by atoms with Crippen LogP contribution in [-0.2, 0) is 4.79 Å². The van der Waals surface area contributed by atoms with Gasteiger partial charge in [-0.05, 0) is 29.8 Å². The fraction of sp³-hybridized carbons (Fsp3) is 0.150. The number of aliphatic hydroxyl groups is 1. The highest BCUT2D eigenvalue weighted by atomic mass is 35.5. The first-order chi connectivity index (χ1) is 16.1. The van der Waals surface area contributed by atoms with Gasteiger partial charge >= 0.3 is 12.1 Å². The number of fused-ring (bicyclic) bond motifs is 1. The lowest BCUT2D eigenvalue weighted by atomic mass is 10.1. The Morgan fingerprint density at radius 2 is 1.85 bits per heavy atom. The molecule has 4 N–H and O–H groups in total. The van der Waals surface area contributed by atoms with Gasteiger partial charge in [-0.25, -0.2) is 9.48 Å². The highest BCUT2D eigenvalue weighted by Crippen LogP contribution is 2.20. The lowest BCUT2D eigenvalue weighted by Gasteiger charge is -2.11. The number of halogens is 4. The predicted molar refractivity (Wildman–Crippen MR) is 113 cm³/mol. The van der Waals surface area contributed by atoms with Gasteiger partial charge in [-0.15, -0.1) is 5.10 Å². The summed E-state index contributed by atoms with van der Waals surface area (Å²) in [4.78, 5) is 21.2. The number of H-pyrrole nitrogens is 1. The zero-order chi connectivity index (χ0) is 24.9. The number of carbonyl (C=O) groups excluding carboxylic acids is 1. The molecular formula is C20H16ClF3N6O4. The fourth-order valence-corrected chi connectivity index (χ4v) is 2.85. The van der Waals surface area contributed by atoms with Crippen LogP contribution in [0.25, 0.3) is 16.6 Å². The summed E-state index contributed by atoms with van der Waals surface area (Å²) in [5.74, 6) is -3.18. The maximum Gasteiger partial charge on any atom is 0.490 e. The highest BCUT2D eigenvalue weighted by Gasteiger charge is 2.38. The van der Waals surface area contributed by atoms with E-state index in [1.807, 2.05) is 18.2 Å². The summed E-state index contributed by atoms with van der Waals surface area (Å²) in [5.41, 5.74) is 2.43. The Balaban J connectivity index is 0.000000406. The van der Waals surface area contributed by atoms with Crippen molar-refractivity contribution in [3.8, 4) is 5.69 Å². The number of hydrogen-bond acceptors (Lipinski definition) is 6. The maximum atomic E-state index is 12.3. The van der Waals surface area contributed by atoms with E-state index in [1.54, 1.807) is 30.5 Å². The number of alkyl halides is 3. The number of aliphatic hydroxyl groups excluding tert-OH is 1. The minimum Gasteiger partial charge on any atom is -0.475 e. The highest BCUT2D eigenvalue weighted by molar-refractivity contribution is 6.30. The van der Waals surface area contributed by atoms with Gasteiger partial charge < -0.3 is 15.5 Å². The Hall–Kier alpha value is -3.97. The second kappa shape index (κ2) is 10.3. The topological polar surface area (TPSA) is 146 Å². The number of amides is 1. The summed E-state index contributed by atoms with van der Waals surface area (Å²) in [6.45, 7) is 0.0463. The van der Waals surface area contributed by atoms with Gasteiger partial charge in [-0.3, -0.25) is 9.89 Å². The van der Waals surface area contributed by atoms with Crippen LogP contribution >= 0.6 is 11.6 Å². The Labute approximate surface area is 194 Å². The quantitative estimate of drug-likeness (QED) is 0.332. The van der Waals surface area contributed by atoms with Crippen molar-refractivity contribution in [2.75, 3.05) is 6.54 Å². The molecule has 0 aliphatic heterocycles. The minimum atomic E-state index is -5.08. The molecule has 2 aromatic heterocycles. The largest absolute Gasteiger partial charge is 0.490 e. The van der Waals surface area contributed by atoms with E-state index in [0.717, 1.165) is 16.6 Å². The molecular weight excluding hydrogens is 481 g/mol. The third kappa shape index (κ3) is 6.08. The van der Waals surface area contributed by atoms with Gasteiger partial charge in [-0.2, -0.15) is 18.3 Å². The molecule has 2 aromatic carbocycles. The molecule has 0 bridgehead atoms. The molecule has 1 unspecified atom stereocenters. The number of carboxylic acids is 1. The summed E-state index contributed by atoms with van der Waals surface area (Å²) in [6, 6.07) is 12.4. The van der Waals surface area contributed by atoms with E-state index in [1.165, 1.54) is 10.9 Å². The van der Waals surface area contributed by atoms with Crippen LogP contribution in [-0.4, -0.2) is 60.0 Å². The Morgan fingerprint density at radius 3 is 2.50 bits per heavy atom. The number of carbonyl (C=O) groups is 2. The molecule has 4 aromatic rings. The molecule has 10 nitrogen and oxygen atoms in total. The average molecular weight is 497 g/mol. The zero-order valence-corrected chi connectivity index (χ0v) is 17.7. The van der Waals surface area contributed by atoms with Crippen LogP contribution in [0, 0.1) is 0 Å². The van der Waals surface area contributed by atoms with Crippen LogP contribution in [0.2, 0.25) is 5.02 Å². The van der Waals surface area contributed by atoms with E-state index in [4.69, 9.17) is 21.5 Å². The van der Waals surface area contributed by atoms with Crippen molar-refractivity contribution in [3.05, 3.63) is 71.1 Å². The van der Waals surface area contributed by atoms with E-state index < -0.39 is 24.2 Å². The predicted octanol–water partition coefficient (Wildman–Crippen LogP) is 2.89. The second-order valence-electron chi connectivity index (χ2n) is 6.74. The smallest absolute Gasteiger partial charge is 0.475 e. The van der Waals surface area contributed by atoms with Gasteiger partial charge in [-0.1, -0.05) is 35.0 Å². The van der Waals surface area contributed by atoms with Crippen molar-refractivity contribution >= 4 is 34.4 Å².